The average Bonchev–Trinajstić information content (AvgIpc) is 2.19. The van der Waals surface area contributed by atoms with Gasteiger partial charge in [-0.1, -0.05) is 12.2 Å². The summed E-state index contributed by atoms with van der Waals surface area (Å²) in [5.74, 6) is -1.01. The van der Waals surface area contributed by atoms with Crippen LogP contribution < -0.4 is 0 Å². The zero-order valence-corrected chi connectivity index (χ0v) is 12.0. The first-order valence-corrected chi connectivity index (χ1v) is 6.02. The summed E-state index contributed by atoms with van der Waals surface area (Å²) < 4.78 is 0. The van der Waals surface area contributed by atoms with Crippen LogP contribution in [0.5, 0.6) is 0 Å². The normalized spacial score (nSPS) is 10.9. The van der Waals surface area contributed by atoms with Crippen LogP contribution in [0.2, 0.25) is 0 Å². The molecule has 5 heteroatoms. The predicted octanol–water partition coefficient (Wildman–Crippen LogP) is 2.19. The summed E-state index contributed by atoms with van der Waals surface area (Å²) in [6.07, 6.45) is 0. The number of hydrogen-bond donors (Lipinski definition) is 1. The minimum absolute atomic E-state index is 0.268. The van der Waals surface area contributed by atoms with E-state index in [1.165, 1.54) is 4.90 Å². The van der Waals surface area contributed by atoms with Gasteiger partial charge in [-0.05, 0) is 34.6 Å². The number of hydrogen-bond acceptors (Lipinski definition) is 2. The molecule has 0 spiro atoms. The molecule has 0 rings (SSSR count). The van der Waals surface area contributed by atoms with Crippen molar-refractivity contribution in [1.29, 1.82) is 0 Å². The molecule has 2 amide bonds. The molecule has 0 aromatic carbocycles. The van der Waals surface area contributed by atoms with Crippen molar-refractivity contribution in [3.8, 4) is 0 Å². The summed E-state index contributed by atoms with van der Waals surface area (Å²) in [4.78, 5) is 26.2. The smallest absolute Gasteiger partial charge is 0.323 e. The molecular weight excluding hydrogens is 232 g/mol. The molecule has 0 aliphatic heterocycles. The summed E-state index contributed by atoms with van der Waals surface area (Å²) in [6, 6.07) is -0.268. The molecule has 104 valence electrons. The largest absolute Gasteiger partial charge is 0.480 e. The predicted molar refractivity (Wildman–Crippen MR) is 71.6 cm³/mol. The molecule has 0 aromatic rings. The number of amides is 2. The van der Waals surface area contributed by atoms with Crippen LogP contribution in [0.25, 0.3) is 0 Å². The molecule has 0 aromatic heterocycles. The zero-order chi connectivity index (χ0) is 14.5. The average molecular weight is 256 g/mol. The standard InChI is InChI=1S/C13H24N2O3/c1-7-14(8-10(2)3)12(18)15(9-11(16)17)13(4,5)6/h2,7-9H2,1,3-6H3,(H,16,17). The van der Waals surface area contributed by atoms with Gasteiger partial charge >= 0.3 is 12.0 Å². The topological polar surface area (TPSA) is 60.9 Å². The summed E-state index contributed by atoms with van der Waals surface area (Å²) >= 11 is 0. The maximum absolute atomic E-state index is 12.3. The third-order valence-electron chi connectivity index (χ3n) is 2.45. The molecule has 0 heterocycles. The highest BCUT2D eigenvalue weighted by Gasteiger charge is 2.31. The van der Waals surface area contributed by atoms with Crippen LogP contribution in [0, 0.1) is 0 Å². The SMILES string of the molecule is C=C(C)CN(CC)C(=O)N(CC(=O)O)C(C)(C)C. The van der Waals surface area contributed by atoms with E-state index in [0.29, 0.717) is 13.1 Å². The van der Waals surface area contributed by atoms with E-state index in [1.807, 2.05) is 34.6 Å². The van der Waals surface area contributed by atoms with Crippen molar-refractivity contribution in [3.63, 3.8) is 0 Å². The second kappa shape index (κ2) is 6.42. The molecule has 1 N–H and O–H groups in total. The van der Waals surface area contributed by atoms with Gasteiger partial charge in [0.05, 0.1) is 0 Å². The van der Waals surface area contributed by atoms with E-state index in [-0.39, 0.29) is 12.6 Å². The van der Waals surface area contributed by atoms with Gasteiger partial charge in [0.1, 0.15) is 6.54 Å². The Bertz CT molecular complexity index is 332. The summed E-state index contributed by atoms with van der Waals surface area (Å²) in [5.41, 5.74) is 0.340. The van der Waals surface area contributed by atoms with Crippen molar-refractivity contribution in [3.05, 3.63) is 12.2 Å². The molecule has 0 fully saturated rings. The number of carbonyl (C=O) groups is 2. The van der Waals surface area contributed by atoms with E-state index in [0.717, 1.165) is 5.57 Å². The Kier molecular flexibility index (Phi) is 5.88. The van der Waals surface area contributed by atoms with Gasteiger partial charge in [-0.3, -0.25) is 4.79 Å². The van der Waals surface area contributed by atoms with Gasteiger partial charge in [0, 0.05) is 18.6 Å². The molecule has 0 saturated heterocycles. The van der Waals surface area contributed by atoms with E-state index in [9.17, 15) is 9.59 Å². The molecule has 18 heavy (non-hydrogen) atoms. The third-order valence-corrected chi connectivity index (χ3v) is 2.45. The lowest BCUT2D eigenvalue weighted by Gasteiger charge is -2.38. The Balaban J connectivity index is 5.04. The first-order chi connectivity index (χ1) is 8.09. The minimum atomic E-state index is -1.01. The molecule has 0 radical (unpaired) electrons. The van der Waals surface area contributed by atoms with Crippen LogP contribution >= 0.6 is 0 Å². The number of aliphatic carboxylic acids is 1. The van der Waals surface area contributed by atoms with Crippen molar-refractivity contribution < 1.29 is 14.7 Å². The van der Waals surface area contributed by atoms with E-state index in [1.54, 1.807) is 4.90 Å². The molecule has 0 bridgehead atoms. The number of nitrogens with zero attached hydrogens (tertiary/aromatic N) is 2. The van der Waals surface area contributed by atoms with E-state index < -0.39 is 11.5 Å². The van der Waals surface area contributed by atoms with Gasteiger partial charge in [-0.25, -0.2) is 4.79 Å². The summed E-state index contributed by atoms with van der Waals surface area (Å²) in [7, 11) is 0. The Morgan fingerprint density at radius 3 is 2.00 bits per heavy atom. The lowest BCUT2D eigenvalue weighted by Crippen LogP contribution is -2.54. The first kappa shape index (κ1) is 16.5. The lowest BCUT2D eigenvalue weighted by molar-refractivity contribution is -0.138. The van der Waals surface area contributed by atoms with Gasteiger partial charge in [-0.15, -0.1) is 0 Å². The number of carboxylic acid groups (broad SMARTS) is 1. The summed E-state index contributed by atoms with van der Waals surface area (Å²) in [6.45, 7) is 13.6. The van der Waals surface area contributed by atoms with Crippen LogP contribution in [0.4, 0.5) is 4.79 Å². The van der Waals surface area contributed by atoms with E-state index in [2.05, 4.69) is 6.58 Å². The number of likely N-dealkylation sites (N-methyl/N-ethyl adjacent to an activating group) is 1. The fourth-order valence-corrected chi connectivity index (χ4v) is 1.54. The van der Waals surface area contributed by atoms with Crippen LogP contribution in [0.3, 0.4) is 0 Å². The Hall–Kier alpha value is -1.52. The van der Waals surface area contributed by atoms with Crippen molar-refractivity contribution in [2.24, 2.45) is 0 Å². The van der Waals surface area contributed by atoms with Gasteiger partial charge in [0.25, 0.3) is 0 Å². The molecular formula is C13H24N2O3. The van der Waals surface area contributed by atoms with Crippen LogP contribution in [-0.2, 0) is 4.79 Å². The maximum Gasteiger partial charge on any atom is 0.323 e. The fourth-order valence-electron chi connectivity index (χ4n) is 1.54. The van der Waals surface area contributed by atoms with Crippen LogP contribution in [-0.4, -0.2) is 52.1 Å². The molecule has 0 aliphatic carbocycles. The van der Waals surface area contributed by atoms with E-state index >= 15 is 0 Å². The molecule has 0 aliphatic rings. The van der Waals surface area contributed by atoms with Crippen molar-refractivity contribution >= 4 is 12.0 Å². The van der Waals surface area contributed by atoms with Crippen molar-refractivity contribution in [2.45, 2.75) is 40.2 Å². The number of carboxylic acids is 1. The molecule has 0 unspecified atom stereocenters. The van der Waals surface area contributed by atoms with Gasteiger partial charge in [0.2, 0.25) is 0 Å². The molecule has 0 saturated carbocycles. The van der Waals surface area contributed by atoms with Gasteiger partial charge < -0.3 is 14.9 Å². The minimum Gasteiger partial charge on any atom is -0.480 e. The summed E-state index contributed by atoms with van der Waals surface area (Å²) in [5, 5.41) is 8.90. The Morgan fingerprint density at radius 2 is 1.72 bits per heavy atom. The number of rotatable bonds is 5. The first-order valence-electron chi connectivity index (χ1n) is 6.02. The molecule has 5 nitrogen and oxygen atoms in total. The highest BCUT2D eigenvalue weighted by Crippen LogP contribution is 2.16. The number of carbonyl (C=O) groups excluding carboxylic acids is 1. The maximum atomic E-state index is 12.3. The van der Waals surface area contributed by atoms with Gasteiger partial charge in [0.15, 0.2) is 0 Å². The monoisotopic (exact) mass is 256 g/mol. The zero-order valence-electron chi connectivity index (χ0n) is 12.0. The van der Waals surface area contributed by atoms with E-state index in [4.69, 9.17) is 5.11 Å². The Morgan fingerprint density at radius 1 is 1.22 bits per heavy atom. The highest BCUT2D eigenvalue weighted by atomic mass is 16.4. The quantitative estimate of drug-likeness (QED) is 0.767. The van der Waals surface area contributed by atoms with Gasteiger partial charge in [-0.2, -0.15) is 0 Å². The number of urea groups is 1. The highest BCUT2D eigenvalue weighted by molar-refractivity contribution is 5.81. The van der Waals surface area contributed by atoms with Crippen molar-refractivity contribution in [2.75, 3.05) is 19.6 Å². The Labute approximate surface area is 109 Å². The second-order valence-corrected chi connectivity index (χ2v) is 5.40. The lowest BCUT2D eigenvalue weighted by atomic mass is 10.1. The molecule has 0 atom stereocenters. The van der Waals surface area contributed by atoms with Crippen LogP contribution in [0.15, 0.2) is 12.2 Å². The van der Waals surface area contributed by atoms with Crippen LogP contribution in [0.1, 0.15) is 34.6 Å². The third kappa shape index (κ3) is 5.21. The fraction of sp³-hybridized carbons (Fsp3) is 0.692. The second-order valence-electron chi connectivity index (χ2n) is 5.40. The van der Waals surface area contributed by atoms with Crippen molar-refractivity contribution in [1.82, 2.24) is 9.80 Å².